The van der Waals surface area contributed by atoms with Gasteiger partial charge in [0.25, 0.3) is 0 Å². The van der Waals surface area contributed by atoms with Gasteiger partial charge in [0, 0.05) is 42.9 Å². The highest BCUT2D eigenvalue weighted by atomic mass is 19.4. The molecule has 1 unspecified atom stereocenters. The number of aliphatic hydroxyl groups excluding tert-OH is 1. The van der Waals surface area contributed by atoms with Gasteiger partial charge in [0.2, 0.25) is 0 Å². The molecule has 10 heteroatoms. The van der Waals surface area contributed by atoms with Crippen molar-refractivity contribution in [3.8, 4) is 11.3 Å². The molecule has 164 valence electrons. The van der Waals surface area contributed by atoms with Crippen LogP contribution in [0.4, 0.5) is 18.9 Å². The average Bonchev–Trinajstić information content (AvgIpc) is 3.40. The van der Waals surface area contributed by atoms with Gasteiger partial charge in [-0.05, 0) is 54.4 Å². The first-order valence-electron chi connectivity index (χ1n) is 10.3. The van der Waals surface area contributed by atoms with Crippen molar-refractivity contribution in [1.82, 2.24) is 20.2 Å². The van der Waals surface area contributed by atoms with E-state index < -0.39 is 12.3 Å². The Morgan fingerprint density at radius 2 is 1.94 bits per heavy atom. The second kappa shape index (κ2) is 7.76. The molecule has 0 amide bonds. The normalized spacial score (nSPS) is 19.2. The molecule has 31 heavy (non-hydrogen) atoms. The summed E-state index contributed by atoms with van der Waals surface area (Å²) in [4.78, 5) is 8.75. The molecule has 4 heterocycles. The highest BCUT2D eigenvalue weighted by molar-refractivity contribution is 5.93. The van der Waals surface area contributed by atoms with E-state index in [2.05, 4.69) is 25.1 Å². The van der Waals surface area contributed by atoms with Crippen LogP contribution in [0.2, 0.25) is 0 Å². The molecule has 2 aliphatic rings. The van der Waals surface area contributed by atoms with Crippen LogP contribution < -0.4 is 4.90 Å². The molecular weight excluding hydrogens is 411 g/mol. The Bertz CT molecular complexity index is 1070. The molecule has 7 nitrogen and oxygen atoms in total. The van der Waals surface area contributed by atoms with Crippen LogP contribution in [0.3, 0.4) is 0 Å². The molecule has 2 fully saturated rings. The first kappa shape index (κ1) is 20.2. The Kier molecular flexibility index (Phi) is 5.05. The van der Waals surface area contributed by atoms with Crippen LogP contribution in [-0.4, -0.2) is 64.2 Å². The fourth-order valence-electron chi connectivity index (χ4n) is 4.52. The number of rotatable bonds is 5. The van der Waals surface area contributed by atoms with Gasteiger partial charge in [-0.1, -0.05) is 6.07 Å². The van der Waals surface area contributed by atoms with Crippen molar-refractivity contribution in [2.45, 2.75) is 25.1 Å². The van der Waals surface area contributed by atoms with Gasteiger partial charge < -0.3 is 14.9 Å². The van der Waals surface area contributed by atoms with Crippen LogP contribution in [0, 0.1) is 5.92 Å². The monoisotopic (exact) mass is 433 g/mol. The number of halogens is 3. The second-order valence-corrected chi connectivity index (χ2v) is 8.29. The third kappa shape index (κ3) is 3.85. The summed E-state index contributed by atoms with van der Waals surface area (Å²) >= 11 is 0. The van der Waals surface area contributed by atoms with E-state index in [1.807, 2.05) is 0 Å². The molecule has 2 aromatic heterocycles. The van der Waals surface area contributed by atoms with Gasteiger partial charge in [-0.2, -0.15) is 13.2 Å². The van der Waals surface area contributed by atoms with Crippen molar-refractivity contribution in [2.75, 3.05) is 37.6 Å². The number of nitrogens with zero attached hydrogens (tertiary/aromatic N) is 5. The lowest BCUT2D eigenvalue weighted by Crippen LogP contribution is -2.51. The SMILES string of the molecule is OC(c1cccnc1-c1cc(N2CC(CN3CCCC3)C2)c2nonc2c1)C(F)(F)F. The molecular formula is C21H22F3N5O2. The Balaban J connectivity index is 1.46. The maximum Gasteiger partial charge on any atom is 0.418 e. The van der Waals surface area contributed by atoms with Crippen molar-refractivity contribution in [2.24, 2.45) is 5.92 Å². The molecule has 1 N–H and O–H groups in total. The minimum absolute atomic E-state index is 0.0626. The molecule has 2 aliphatic heterocycles. The van der Waals surface area contributed by atoms with Gasteiger partial charge >= 0.3 is 6.18 Å². The molecule has 0 spiro atoms. The summed E-state index contributed by atoms with van der Waals surface area (Å²) in [5, 5.41) is 17.7. The number of hydrogen-bond acceptors (Lipinski definition) is 7. The van der Waals surface area contributed by atoms with Gasteiger partial charge in [-0.3, -0.25) is 4.98 Å². The summed E-state index contributed by atoms with van der Waals surface area (Å²) in [6.45, 7) is 5.02. The molecule has 1 atom stereocenters. The lowest BCUT2D eigenvalue weighted by Gasteiger charge is -2.42. The van der Waals surface area contributed by atoms with E-state index in [1.165, 1.54) is 31.2 Å². The van der Waals surface area contributed by atoms with Crippen molar-refractivity contribution < 1.29 is 22.9 Å². The van der Waals surface area contributed by atoms with Crippen LogP contribution in [0.25, 0.3) is 22.3 Å². The van der Waals surface area contributed by atoms with Crippen molar-refractivity contribution in [3.05, 3.63) is 36.0 Å². The first-order valence-corrected chi connectivity index (χ1v) is 10.3. The van der Waals surface area contributed by atoms with Gasteiger partial charge in [0.05, 0.1) is 11.4 Å². The van der Waals surface area contributed by atoms with Gasteiger partial charge in [0.15, 0.2) is 11.6 Å². The highest BCUT2D eigenvalue weighted by Gasteiger charge is 2.41. The fraction of sp³-hybridized carbons (Fsp3) is 0.476. The van der Waals surface area contributed by atoms with Crippen molar-refractivity contribution in [1.29, 1.82) is 0 Å². The molecule has 0 aliphatic carbocycles. The van der Waals surface area contributed by atoms with Crippen LogP contribution in [0.1, 0.15) is 24.5 Å². The smallest absolute Gasteiger partial charge is 0.379 e. The number of pyridine rings is 1. The van der Waals surface area contributed by atoms with E-state index in [1.54, 1.807) is 12.1 Å². The Morgan fingerprint density at radius 1 is 1.16 bits per heavy atom. The number of fused-ring (bicyclic) bond motifs is 1. The standard InChI is InChI=1S/C21H22F3N5O2/c22-21(23,24)20(30)15-4-3-5-25-18(15)14-8-16-19(27-31-26-16)17(9-14)29-11-13(12-29)10-28-6-1-2-7-28/h3-5,8-9,13,20,30H,1-2,6-7,10-12H2. The van der Waals surface area contributed by atoms with Gasteiger partial charge in [-0.25, -0.2) is 4.63 Å². The van der Waals surface area contributed by atoms with Gasteiger partial charge in [0.1, 0.15) is 5.52 Å². The maximum atomic E-state index is 13.2. The zero-order valence-corrected chi connectivity index (χ0v) is 16.7. The summed E-state index contributed by atoms with van der Waals surface area (Å²) in [6, 6.07) is 5.96. The largest absolute Gasteiger partial charge is 0.418 e. The first-order chi connectivity index (χ1) is 14.9. The van der Waals surface area contributed by atoms with Crippen LogP contribution in [0.5, 0.6) is 0 Å². The minimum atomic E-state index is -4.79. The van der Waals surface area contributed by atoms with E-state index in [9.17, 15) is 18.3 Å². The lowest BCUT2D eigenvalue weighted by atomic mass is 9.96. The zero-order valence-electron chi connectivity index (χ0n) is 16.7. The Hall–Kier alpha value is -2.72. The summed E-state index contributed by atoms with van der Waals surface area (Å²) < 4.78 is 44.5. The van der Waals surface area contributed by atoms with E-state index in [0.717, 1.165) is 38.4 Å². The Morgan fingerprint density at radius 3 is 2.68 bits per heavy atom. The number of likely N-dealkylation sites (tertiary alicyclic amines) is 1. The third-order valence-electron chi connectivity index (χ3n) is 6.07. The van der Waals surface area contributed by atoms with E-state index in [4.69, 9.17) is 4.63 Å². The molecule has 5 rings (SSSR count). The highest BCUT2D eigenvalue weighted by Crippen LogP contribution is 2.40. The second-order valence-electron chi connectivity index (χ2n) is 8.29. The van der Waals surface area contributed by atoms with Crippen molar-refractivity contribution in [3.63, 3.8) is 0 Å². The van der Waals surface area contributed by atoms with Crippen LogP contribution >= 0.6 is 0 Å². The van der Waals surface area contributed by atoms with E-state index in [-0.39, 0.29) is 11.3 Å². The number of anilines is 1. The summed E-state index contributed by atoms with van der Waals surface area (Å²) in [5.41, 5.74) is 1.95. The minimum Gasteiger partial charge on any atom is -0.379 e. The predicted molar refractivity (Wildman–Crippen MR) is 107 cm³/mol. The molecule has 1 aromatic carbocycles. The van der Waals surface area contributed by atoms with Crippen LogP contribution in [0.15, 0.2) is 35.1 Å². The topological polar surface area (TPSA) is 78.5 Å². The number of hydrogen-bond donors (Lipinski definition) is 1. The number of aromatic nitrogens is 3. The molecule has 2 saturated heterocycles. The number of benzene rings is 1. The zero-order chi connectivity index (χ0) is 21.6. The lowest BCUT2D eigenvalue weighted by molar-refractivity contribution is -0.206. The molecule has 3 aromatic rings. The summed E-state index contributed by atoms with van der Waals surface area (Å²) in [5.74, 6) is 0.536. The summed E-state index contributed by atoms with van der Waals surface area (Å²) in [6.07, 6.45) is -3.51. The predicted octanol–water partition coefficient (Wildman–Crippen LogP) is 3.41. The fourth-order valence-corrected chi connectivity index (χ4v) is 4.52. The third-order valence-corrected chi connectivity index (χ3v) is 6.07. The molecule has 0 bridgehead atoms. The van der Waals surface area contributed by atoms with Crippen molar-refractivity contribution >= 4 is 16.7 Å². The molecule has 0 saturated carbocycles. The number of alkyl halides is 3. The quantitative estimate of drug-likeness (QED) is 0.661. The van der Waals surface area contributed by atoms with Crippen LogP contribution in [-0.2, 0) is 0 Å². The summed E-state index contributed by atoms with van der Waals surface area (Å²) in [7, 11) is 0. The Labute approximate surface area is 176 Å². The number of aliphatic hydroxyl groups is 1. The molecule has 0 radical (unpaired) electrons. The average molecular weight is 433 g/mol. The van der Waals surface area contributed by atoms with E-state index in [0.29, 0.717) is 22.5 Å². The maximum absolute atomic E-state index is 13.2. The van der Waals surface area contributed by atoms with E-state index >= 15 is 0 Å². The van der Waals surface area contributed by atoms with Gasteiger partial charge in [-0.15, -0.1) is 0 Å².